The van der Waals surface area contributed by atoms with Gasteiger partial charge in [0.05, 0.1) is 0 Å². The Balaban J connectivity index is 0. The van der Waals surface area contributed by atoms with Crippen LogP contribution in [0.5, 0.6) is 0 Å². The molecule has 0 aliphatic heterocycles. The predicted octanol–water partition coefficient (Wildman–Crippen LogP) is 3.80. The Labute approximate surface area is 94.0 Å². The van der Waals surface area contributed by atoms with E-state index in [1.807, 2.05) is 13.8 Å². The van der Waals surface area contributed by atoms with E-state index in [4.69, 9.17) is 14.2 Å². The molecule has 0 atom stereocenters. The molecule has 1 N–H and O–H groups in total. The zero-order valence-electron chi connectivity index (χ0n) is 9.99. The highest BCUT2D eigenvalue weighted by Crippen LogP contribution is 2.37. The number of allylic oxidation sites excluding steroid dienone is 3. The molecule has 4 heteroatoms. The van der Waals surface area contributed by atoms with Crippen LogP contribution in [0.4, 0.5) is 0 Å². The molecule has 0 saturated carbocycles. The Hall–Kier alpha value is -0.630. The minimum atomic E-state index is -0.889. The van der Waals surface area contributed by atoms with E-state index in [-0.39, 0.29) is 5.76 Å². The van der Waals surface area contributed by atoms with Gasteiger partial charge in [0.2, 0.25) is 0 Å². The first-order valence-corrected chi connectivity index (χ1v) is 6.06. The summed E-state index contributed by atoms with van der Waals surface area (Å²) < 4.78 is 10.1. The maximum atomic E-state index is 8.77. The van der Waals surface area contributed by atoms with E-state index in [0.29, 0.717) is 6.16 Å². The Morgan fingerprint density at radius 2 is 1.67 bits per heavy atom. The molecule has 15 heavy (non-hydrogen) atoms. The van der Waals surface area contributed by atoms with Crippen LogP contribution in [0.2, 0.25) is 0 Å². The normalized spacial score (nSPS) is 9.93. The summed E-state index contributed by atoms with van der Waals surface area (Å²) in [6, 6.07) is 0. The second kappa shape index (κ2) is 11.4. The molecule has 0 unspecified atom stereocenters. The Morgan fingerprint density at radius 3 is 2.00 bits per heavy atom. The predicted molar refractivity (Wildman–Crippen MR) is 67.2 cm³/mol. The third-order valence-corrected chi connectivity index (χ3v) is 2.73. The van der Waals surface area contributed by atoms with E-state index in [9.17, 15) is 0 Å². The van der Waals surface area contributed by atoms with Crippen LogP contribution in [0.25, 0.3) is 0 Å². The second-order valence-corrected chi connectivity index (χ2v) is 4.05. The first kappa shape index (κ1) is 16.8. The van der Waals surface area contributed by atoms with Gasteiger partial charge in [-0.1, -0.05) is 33.1 Å². The van der Waals surface area contributed by atoms with Crippen LogP contribution in [-0.4, -0.2) is 25.5 Å². The van der Waals surface area contributed by atoms with Crippen molar-refractivity contribution in [2.24, 2.45) is 0 Å². The molecule has 3 nitrogen and oxygen atoms in total. The minimum Gasteiger partial charge on any atom is -0.509 e. The highest BCUT2D eigenvalue weighted by Gasteiger charge is 2.05. The minimum absolute atomic E-state index is 0.0142. The smallest absolute Gasteiger partial charge is 0.174 e. The quantitative estimate of drug-likeness (QED) is 0.430. The van der Waals surface area contributed by atoms with Gasteiger partial charge in [-0.25, -0.2) is 0 Å². The molecule has 0 aromatic rings. The lowest BCUT2D eigenvalue weighted by atomic mass is 10.3. The maximum Gasteiger partial charge on any atom is 0.174 e. The fourth-order valence-corrected chi connectivity index (χ4v) is 1.48. The molecular formula is C11H21O3P. The maximum absolute atomic E-state index is 8.77. The lowest BCUT2D eigenvalue weighted by Gasteiger charge is -2.11. The van der Waals surface area contributed by atoms with Gasteiger partial charge in [-0.05, 0) is 11.6 Å². The molecule has 0 aliphatic rings. The lowest BCUT2D eigenvalue weighted by Crippen LogP contribution is -1.90. The van der Waals surface area contributed by atoms with Crippen LogP contribution in [0, 0.1) is 0 Å². The summed E-state index contributed by atoms with van der Waals surface area (Å²) >= 11 is 0. The zero-order chi connectivity index (χ0) is 12.3. The van der Waals surface area contributed by atoms with Crippen LogP contribution >= 0.6 is 8.38 Å². The molecule has 0 aliphatic carbocycles. The van der Waals surface area contributed by atoms with Crippen molar-refractivity contribution in [3.05, 3.63) is 36.6 Å². The fourth-order valence-electron chi connectivity index (χ4n) is 0.636. The molecule has 0 aromatic carbocycles. The van der Waals surface area contributed by atoms with Gasteiger partial charge in [0, 0.05) is 20.4 Å². The van der Waals surface area contributed by atoms with E-state index in [0.717, 1.165) is 5.57 Å². The monoisotopic (exact) mass is 232 g/mol. The Bertz CT molecular complexity index is 208. The van der Waals surface area contributed by atoms with E-state index in [1.165, 1.54) is 6.08 Å². The first-order chi connectivity index (χ1) is 7.10. The van der Waals surface area contributed by atoms with Crippen molar-refractivity contribution in [1.29, 1.82) is 0 Å². The highest BCUT2D eigenvalue weighted by molar-refractivity contribution is 7.47. The van der Waals surface area contributed by atoms with Gasteiger partial charge < -0.3 is 14.2 Å². The molecule has 0 saturated heterocycles. The summed E-state index contributed by atoms with van der Waals surface area (Å²) in [5.74, 6) is 0.0142. The molecule has 0 spiro atoms. The van der Waals surface area contributed by atoms with Gasteiger partial charge in [-0.2, -0.15) is 0 Å². The summed E-state index contributed by atoms with van der Waals surface area (Å²) in [5, 5.41) is 8.77. The van der Waals surface area contributed by atoms with Gasteiger partial charge >= 0.3 is 0 Å². The summed E-state index contributed by atoms with van der Waals surface area (Å²) in [5.41, 5.74) is 0.838. The molecule has 0 heterocycles. The van der Waals surface area contributed by atoms with Crippen molar-refractivity contribution >= 4 is 8.38 Å². The number of rotatable bonds is 6. The number of hydrogen-bond donors (Lipinski definition) is 1. The van der Waals surface area contributed by atoms with Gasteiger partial charge in [0.25, 0.3) is 0 Å². The van der Waals surface area contributed by atoms with Crippen LogP contribution < -0.4 is 0 Å². The van der Waals surface area contributed by atoms with E-state index in [1.54, 1.807) is 20.3 Å². The summed E-state index contributed by atoms with van der Waals surface area (Å²) in [6.07, 6.45) is 3.81. The average molecular weight is 232 g/mol. The molecule has 88 valence electrons. The van der Waals surface area contributed by atoms with Crippen molar-refractivity contribution in [2.75, 3.05) is 20.4 Å². The van der Waals surface area contributed by atoms with Gasteiger partial charge in [-0.3, -0.25) is 0 Å². The van der Waals surface area contributed by atoms with Crippen LogP contribution in [-0.2, 0) is 9.05 Å². The van der Waals surface area contributed by atoms with Gasteiger partial charge in [-0.15, -0.1) is 0 Å². The summed E-state index contributed by atoms with van der Waals surface area (Å²) in [6.45, 7) is 11.1. The molecule has 0 aromatic heterocycles. The second-order valence-electron chi connectivity index (χ2n) is 2.34. The van der Waals surface area contributed by atoms with Crippen molar-refractivity contribution in [1.82, 2.24) is 0 Å². The largest absolute Gasteiger partial charge is 0.509 e. The van der Waals surface area contributed by atoms with Crippen molar-refractivity contribution < 1.29 is 14.2 Å². The Kier molecular flexibility index (Phi) is 12.8. The number of aliphatic hydroxyl groups is 1. The molecule has 0 radical (unpaired) electrons. The lowest BCUT2D eigenvalue weighted by molar-refractivity contribution is 0.342. The molecular weight excluding hydrogens is 211 g/mol. The highest BCUT2D eigenvalue weighted by atomic mass is 31.2. The molecule has 0 rings (SSSR count). The standard InChI is InChI=1S/C9H15O3P.C2H6/c1-8(5-6-9(2)10)7-13(11-3)12-4;1-2/h5-6,10H,1-2,7H2,3-4H3;1-2H3/b6-5-;. The van der Waals surface area contributed by atoms with Crippen molar-refractivity contribution in [2.45, 2.75) is 13.8 Å². The third-order valence-electron chi connectivity index (χ3n) is 1.25. The van der Waals surface area contributed by atoms with Crippen molar-refractivity contribution in [3.63, 3.8) is 0 Å². The van der Waals surface area contributed by atoms with E-state index in [2.05, 4.69) is 13.2 Å². The van der Waals surface area contributed by atoms with E-state index < -0.39 is 8.38 Å². The molecule has 0 fully saturated rings. The zero-order valence-corrected chi connectivity index (χ0v) is 10.9. The summed E-state index contributed by atoms with van der Waals surface area (Å²) in [7, 11) is 2.30. The fraction of sp³-hybridized carbons (Fsp3) is 0.455. The van der Waals surface area contributed by atoms with Crippen LogP contribution in [0.3, 0.4) is 0 Å². The molecule has 0 bridgehead atoms. The topological polar surface area (TPSA) is 38.7 Å². The number of aliphatic hydroxyl groups excluding tert-OH is 1. The summed E-state index contributed by atoms with van der Waals surface area (Å²) in [4.78, 5) is 0. The van der Waals surface area contributed by atoms with Crippen LogP contribution in [0.1, 0.15) is 13.8 Å². The first-order valence-electron chi connectivity index (χ1n) is 4.69. The van der Waals surface area contributed by atoms with E-state index >= 15 is 0 Å². The van der Waals surface area contributed by atoms with Gasteiger partial charge in [0.15, 0.2) is 8.38 Å². The third kappa shape index (κ3) is 11.3. The Morgan fingerprint density at radius 1 is 1.20 bits per heavy atom. The SMILES string of the molecule is C=C(O)/C=C\C(=C)CP(OC)OC.CC. The van der Waals surface area contributed by atoms with Crippen LogP contribution in [0.15, 0.2) is 36.6 Å². The van der Waals surface area contributed by atoms with Gasteiger partial charge in [0.1, 0.15) is 5.76 Å². The van der Waals surface area contributed by atoms with Crippen molar-refractivity contribution in [3.8, 4) is 0 Å². The molecule has 0 amide bonds. The number of hydrogen-bond acceptors (Lipinski definition) is 3. The average Bonchev–Trinajstić information content (AvgIpc) is 2.25.